The number of methoxy groups -OCH3 is 2. The van der Waals surface area contributed by atoms with Crippen LogP contribution in [0.4, 0.5) is 0 Å². The molecule has 2 rings (SSSR count). The zero-order valence-electron chi connectivity index (χ0n) is 8.70. The molecule has 0 spiro atoms. The molecule has 16 heavy (non-hydrogen) atoms. The van der Waals surface area contributed by atoms with Crippen LogP contribution in [0.5, 0.6) is 11.5 Å². The quantitative estimate of drug-likeness (QED) is 0.912. The van der Waals surface area contributed by atoms with Gasteiger partial charge in [0.15, 0.2) is 11.5 Å². The van der Waals surface area contributed by atoms with Crippen molar-refractivity contribution in [2.75, 3.05) is 14.2 Å². The van der Waals surface area contributed by atoms with Gasteiger partial charge >= 0.3 is 0 Å². The zero-order valence-corrected chi connectivity index (χ0v) is 10.3. The zero-order chi connectivity index (χ0) is 11.7. The van der Waals surface area contributed by atoms with E-state index in [1.165, 1.54) is 14.2 Å². The van der Waals surface area contributed by atoms with Gasteiger partial charge in [-0.05, 0) is 28.1 Å². The summed E-state index contributed by atoms with van der Waals surface area (Å²) in [5.74, 6) is 0.919. The largest absolute Gasteiger partial charge is 0.493 e. The average Bonchev–Trinajstić information content (AvgIpc) is 2.32. The first kappa shape index (κ1) is 10.9. The summed E-state index contributed by atoms with van der Waals surface area (Å²) in [5, 5.41) is 7.30. The molecule has 0 aliphatic heterocycles. The van der Waals surface area contributed by atoms with Gasteiger partial charge in [-0.2, -0.15) is 5.10 Å². The van der Waals surface area contributed by atoms with E-state index in [2.05, 4.69) is 26.1 Å². The van der Waals surface area contributed by atoms with Gasteiger partial charge in [0.1, 0.15) is 4.60 Å². The molecular formula is C10H9BrN2O3. The van der Waals surface area contributed by atoms with Crippen LogP contribution in [0.1, 0.15) is 0 Å². The molecule has 5 nitrogen and oxygen atoms in total. The molecule has 2 aromatic rings. The molecule has 1 aromatic carbocycles. The smallest absolute Gasteiger partial charge is 0.276 e. The number of halogens is 1. The lowest BCUT2D eigenvalue weighted by Gasteiger charge is -2.09. The first-order valence-electron chi connectivity index (χ1n) is 4.48. The molecule has 0 amide bonds. The summed E-state index contributed by atoms with van der Waals surface area (Å²) >= 11 is 3.26. The summed E-state index contributed by atoms with van der Waals surface area (Å²) in [6, 6.07) is 3.48. The predicted molar refractivity (Wildman–Crippen MR) is 63.2 cm³/mol. The molecule has 0 bridgehead atoms. The SMILES string of the molecule is COc1ccc2c(Br)n[nH]c(=O)c2c1OC. The molecule has 0 aliphatic rings. The lowest BCUT2D eigenvalue weighted by Crippen LogP contribution is -2.10. The Morgan fingerprint density at radius 2 is 2.06 bits per heavy atom. The second-order valence-electron chi connectivity index (χ2n) is 3.07. The van der Waals surface area contributed by atoms with Crippen LogP contribution >= 0.6 is 15.9 Å². The van der Waals surface area contributed by atoms with Crippen LogP contribution in [-0.4, -0.2) is 24.4 Å². The van der Waals surface area contributed by atoms with Gasteiger partial charge in [0.05, 0.1) is 19.6 Å². The van der Waals surface area contributed by atoms with Gasteiger partial charge in [-0.1, -0.05) is 0 Å². The Morgan fingerprint density at radius 1 is 1.31 bits per heavy atom. The first-order valence-corrected chi connectivity index (χ1v) is 5.27. The van der Waals surface area contributed by atoms with Crippen molar-refractivity contribution in [1.82, 2.24) is 10.2 Å². The minimum atomic E-state index is -0.311. The molecule has 1 N–H and O–H groups in total. The maximum Gasteiger partial charge on any atom is 0.276 e. The van der Waals surface area contributed by atoms with Crippen molar-refractivity contribution in [3.05, 3.63) is 27.1 Å². The van der Waals surface area contributed by atoms with E-state index in [-0.39, 0.29) is 5.56 Å². The molecule has 0 saturated heterocycles. The van der Waals surface area contributed by atoms with Crippen molar-refractivity contribution < 1.29 is 9.47 Å². The van der Waals surface area contributed by atoms with E-state index in [4.69, 9.17) is 9.47 Å². The number of nitrogens with one attached hydrogen (secondary N) is 1. The van der Waals surface area contributed by atoms with E-state index >= 15 is 0 Å². The second-order valence-corrected chi connectivity index (χ2v) is 3.82. The van der Waals surface area contributed by atoms with Crippen molar-refractivity contribution in [2.24, 2.45) is 0 Å². The fourth-order valence-corrected chi connectivity index (χ4v) is 1.96. The Kier molecular flexibility index (Phi) is 2.82. The minimum absolute atomic E-state index is 0.311. The second kappa shape index (κ2) is 4.13. The van der Waals surface area contributed by atoms with E-state index < -0.39 is 0 Å². The number of hydrogen-bond acceptors (Lipinski definition) is 4. The average molecular weight is 285 g/mol. The summed E-state index contributed by atoms with van der Waals surface area (Å²) in [5.41, 5.74) is -0.311. The summed E-state index contributed by atoms with van der Waals surface area (Å²) in [6.07, 6.45) is 0. The number of H-pyrrole nitrogens is 1. The molecule has 1 aromatic heterocycles. The van der Waals surface area contributed by atoms with Crippen LogP contribution in [0.25, 0.3) is 10.8 Å². The van der Waals surface area contributed by atoms with Crippen LogP contribution in [0.2, 0.25) is 0 Å². The number of aromatic amines is 1. The third-order valence-electron chi connectivity index (χ3n) is 2.25. The molecule has 0 radical (unpaired) electrons. The lowest BCUT2D eigenvalue weighted by molar-refractivity contribution is 0.358. The van der Waals surface area contributed by atoms with Crippen molar-refractivity contribution >= 4 is 26.7 Å². The number of ether oxygens (including phenoxy) is 2. The van der Waals surface area contributed by atoms with E-state index in [1.807, 2.05) is 0 Å². The first-order chi connectivity index (χ1) is 7.69. The van der Waals surface area contributed by atoms with Crippen molar-refractivity contribution in [2.45, 2.75) is 0 Å². The fraction of sp³-hybridized carbons (Fsp3) is 0.200. The highest BCUT2D eigenvalue weighted by atomic mass is 79.9. The van der Waals surface area contributed by atoms with Crippen LogP contribution in [0, 0.1) is 0 Å². The van der Waals surface area contributed by atoms with Crippen LogP contribution in [-0.2, 0) is 0 Å². The molecule has 0 unspecified atom stereocenters. The maximum absolute atomic E-state index is 11.7. The Labute approximate surface area is 99.5 Å². The van der Waals surface area contributed by atoms with E-state index in [0.29, 0.717) is 26.9 Å². The number of hydrogen-bond donors (Lipinski definition) is 1. The monoisotopic (exact) mass is 284 g/mol. The van der Waals surface area contributed by atoms with Crippen molar-refractivity contribution in [3.63, 3.8) is 0 Å². The molecule has 1 heterocycles. The van der Waals surface area contributed by atoms with Crippen LogP contribution < -0.4 is 15.0 Å². The van der Waals surface area contributed by atoms with Crippen LogP contribution in [0.3, 0.4) is 0 Å². The van der Waals surface area contributed by atoms with Crippen molar-refractivity contribution in [1.29, 1.82) is 0 Å². The van der Waals surface area contributed by atoms with Gasteiger partial charge in [-0.15, -0.1) is 0 Å². The van der Waals surface area contributed by atoms with E-state index in [0.717, 1.165) is 0 Å². The summed E-state index contributed by atoms with van der Waals surface area (Å²) in [7, 11) is 3.01. The normalized spacial score (nSPS) is 10.4. The topological polar surface area (TPSA) is 64.2 Å². The Bertz CT molecular complexity index is 594. The molecule has 0 fully saturated rings. The molecule has 0 saturated carbocycles. The highest BCUT2D eigenvalue weighted by molar-refractivity contribution is 9.10. The van der Waals surface area contributed by atoms with E-state index in [9.17, 15) is 4.79 Å². The number of fused-ring (bicyclic) bond motifs is 1. The third kappa shape index (κ3) is 1.55. The number of nitrogens with zero attached hydrogens (tertiary/aromatic N) is 1. The lowest BCUT2D eigenvalue weighted by atomic mass is 10.1. The molecule has 0 atom stereocenters. The Balaban J connectivity index is 2.97. The van der Waals surface area contributed by atoms with Crippen LogP contribution in [0.15, 0.2) is 21.5 Å². The summed E-state index contributed by atoms with van der Waals surface area (Å²) < 4.78 is 10.9. The molecular weight excluding hydrogens is 276 g/mol. The van der Waals surface area contributed by atoms with Gasteiger partial charge in [0, 0.05) is 5.39 Å². The summed E-state index contributed by atoms with van der Waals surface area (Å²) in [6.45, 7) is 0. The van der Waals surface area contributed by atoms with Gasteiger partial charge in [-0.3, -0.25) is 4.79 Å². The van der Waals surface area contributed by atoms with Gasteiger partial charge in [0.2, 0.25) is 0 Å². The van der Waals surface area contributed by atoms with E-state index in [1.54, 1.807) is 12.1 Å². The number of benzene rings is 1. The maximum atomic E-state index is 11.7. The molecule has 84 valence electrons. The number of aromatic nitrogens is 2. The third-order valence-corrected chi connectivity index (χ3v) is 2.86. The summed E-state index contributed by atoms with van der Waals surface area (Å²) in [4.78, 5) is 11.7. The fourth-order valence-electron chi connectivity index (χ4n) is 1.54. The molecule has 0 aliphatic carbocycles. The molecule has 6 heteroatoms. The number of rotatable bonds is 2. The van der Waals surface area contributed by atoms with Gasteiger partial charge in [-0.25, -0.2) is 5.10 Å². The highest BCUT2D eigenvalue weighted by Gasteiger charge is 2.14. The Morgan fingerprint density at radius 3 is 2.69 bits per heavy atom. The van der Waals surface area contributed by atoms with Gasteiger partial charge < -0.3 is 9.47 Å². The van der Waals surface area contributed by atoms with Gasteiger partial charge in [0.25, 0.3) is 5.56 Å². The minimum Gasteiger partial charge on any atom is -0.493 e. The predicted octanol–water partition coefficient (Wildman–Crippen LogP) is 1.70. The highest BCUT2D eigenvalue weighted by Crippen LogP contribution is 2.34. The Hall–Kier alpha value is -1.56. The standard InChI is InChI=1S/C10H9BrN2O3/c1-15-6-4-3-5-7(8(6)16-2)10(14)13-12-9(5)11/h3-4H,1-2H3,(H,13,14). The van der Waals surface area contributed by atoms with Crippen molar-refractivity contribution in [3.8, 4) is 11.5 Å².